The molecule has 0 spiro atoms. The second-order valence-electron chi connectivity index (χ2n) is 2.11. The Kier molecular flexibility index (Phi) is 5.78. The van der Waals surface area contributed by atoms with Crippen molar-refractivity contribution < 1.29 is 14.6 Å². The highest BCUT2D eigenvalue weighted by atomic mass is 16.6. The summed E-state index contributed by atoms with van der Waals surface area (Å²) in [6, 6.07) is 0. The molecular weight excluding hydrogens is 146 g/mol. The van der Waals surface area contributed by atoms with Gasteiger partial charge in [0.2, 0.25) is 0 Å². The highest BCUT2D eigenvalue weighted by molar-refractivity contribution is 5.71. The SMILES string of the molecule is CCN(CC)CC(=O)OCO. The van der Waals surface area contributed by atoms with E-state index in [1.54, 1.807) is 0 Å². The van der Waals surface area contributed by atoms with Gasteiger partial charge < -0.3 is 9.84 Å². The van der Waals surface area contributed by atoms with Crippen molar-refractivity contribution in [2.45, 2.75) is 13.8 Å². The van der Waals surface area contributed by atoms with Crippen molar-refractivity contribution in [2.75, 3.05) is 26.4 Å². The summed E-state index contributed by atoms with van der Waals surface area (Å²) in [4.78, 5) is 12.7. The lowest BCUT2D eigenvalue weighted by molar-refractivity contribution is -0.152. The van der Waals surface area contributed by atoms with E-state index in [-0.39, 0.29) is 12.5 Å². The van der Waals surface area contributed by atoms with Crippen molar-refractivity contribution in [2.24, 2.45) is 0 Å². The van der Waals surface area contributed by atoms with E-state index in [9.17, 15) is 4.79 Å². The van der Waals surface area contributed by atoms with Crippen molar-refractivity contribution in [3.8, 4) is 0 Å². The Morgan fingerprint density at radius 1 is 1.45 bits per heavy atom. The van der Waals surface area contributed by atoms with Gasteiger partial charge >= 0.3 is 5.97 Å². The Labute approximate surface area is 66.8 Å². The molecule has 0 unspecified atom stereocenters. The van der Waals surface area contributed by atoms with Gasteiger partial charge in [-0.1, -0.05) is 13.8 Å². The predicted molar refractivity (Wildman–Crippen MR) is 41.0 cm³/mol. The van der Waals surface area contributed by atoms with Crippen LogP contribution < -0.4 is 0 Å². The normalized spacial score (nSPS) is 10.2. The topological polar surface area (TPSA) is 49.8 Å². The Morgan fingerprint density at radius 2 is 2.00 bits per heavy atom. The number of aliphatic hydroxyl groups is 1. The molecule has 0 fully saturated rings. The molecule has 4 nitrogen and oxygen atoms in total. The molecular formula is C7H15NO3. The van der Waals surface area contributed by atoms with Gasteiger partial charge in [0.25, 0.3) is 0 Å². The second-order valence-corrected chi connectivity index (χ2v) is 2.11. The molecule has 0 aromatic heterocycles. The lowest BCUT2D eigenvalue weighted by Crippen LogP contribution is -2.30. The summed E-state index contributed by atoms with van der Waals surface area (Å²) < 4.78 is 4.35. The van der Waals surface area contributed by atoms with E-state index in [2.05, 4.69) is 4.74 Å². The minimum absolute atomic E-state index is 0.258. The van der Waals surface area contributed by atoms with Crippen LogP contribution in [0.3, 0.4) is 0 Å². The Bertz CT molecular complexity index is 112. The number of rotatable bonds is 5. The van der Waals surface area contributed by atoms with Crippen molar-refractivity contribution in [3.63, 3.8) is 0 Å². The van der Waals surface area contributed by atoms with Crippen LogP contribution in [0.2, 0.25) is 0 Å². The van der Waals surface area contributed by atoms with Crippen molar-refractivity contribution >= 4 is 5.97 Å². The molecule has 0 atom stereocenters. The summed E-state index contributed by atoms with van der Waals surface area (Å²) in [5.41, 5.74) is 0. The van der Waals surface area contributed by atoms with Gasteiger partial charge in [-0.05, 0) is 13.1 Å². The average Bonchev–Trinajstić information content (AvgIpc) is 2.01. The van der Waals surface area contributed by atoms with Crippen LogP contribution in [0.25, 0.3) is 0 Å². The fourth-order valence-electron chi connectivity index (χ4n) is 0.747. The summed E-state index contributed by atoms with van der Waals surface area (Å²) in [5.74, 6) is -0.379. The number of hydrogen-bond donors (Lipinski definition) is 1. The number of ether oxygens (including phenoxy) is 1. The fraction of sp³-hybridized carbons (Fsp3) is 0.857. The van der Waals surface area contributed by atoms with Gasteiger partial charge in [0.1, 0.15) is 0 Å². The zero-order chi connectivity index (χ0) is 8.69. The lowest BCUT2D eigenvalue weighted by Gasteiger charge is -2.15. The molecule has 0 aliphatic carbocycles. The third-order valence-corrected chi connectivity index (χ3v) is 1.47. The van der Waals surface area contributed by atoms with E-state index in [0.29, 0.717) is 0 Å². The first kappa shape index (κ1) is 10.4. The number of carbonyl (C=O) groups excluding carboxylic acids is 1. The molecule has 0 bridgehead atoms. The predicted octanol–water partition coefficient (Wildman–Crippen LogP) is -0.179. The molecule has 0 saturated heterocycles. The summed E-state index contributed by atoms with van der Waals surface area (Å²) in [6.45, 7) is 5.30. The molecule has 0 saturated carbocycles. The number of aliphatic hydroxyl groups excluding tert-OH is 1. The largest absolute Gasteiger partial charge is 0.438 e. The van der Waals surface area contributed by atoms with Crippen LogP contribution in [0.4, 0.5) is 0 Å². The third kappa shape index (κ3) is 4.75. The number of nitrogens with zero attached hydrogens (tertiary/aromatic N) is 1. The van der Waals surface area contributed by atoms with Crippen LogP contribution in [0.1, 0.15) is 13.8 Å². The Morgan fingerprint density at radius 3 is 2.36 bits per heavy atom. The standard InChI is InChI=1S/C7H15NO3/c1-3-8(4-2)5-7(10)11-6-9/h9H,3-6H2,1-2H3. The van der Waals surface area contributed by atoms with Crippen molar-refractivity contribution in [3.05, 3.63) is 0 Å². The van der Waals surface area contributed by atoms with E-state index in [0.717, 1.165) is 13.1 Å². The Balaban J connectivity index is 3.54. The van der Waals surface area contributed by atoms with E-state index < -0.39 is 6.79 Å². The van der Waals surface area contributed by atoms with Gasteiger partial charge in [0.05, 0.1) is 6.54 Å². The van der Waals surface area contributed by atoms with Crippen molar-refractivity contribution in [1.82, 2.24) is 4.90 Å². The van der Waals surface area contributed by atoms with Gasteiger partial charge in [-0.15, -0.1) is 0 Å². The number of hydrogen-bond acceptors (Lipinski definition) is 4. The molecule has 1 N–H and O–H groups in total. The Hall–Kier alpha value is -0.610. The van der Waals surface area contributed by atoms with Gasteiger partial charge in [0.15, 0.2) is 6.79 Å². The van der Waals surface area contributed by atoms with Crippen LogP contribution in [-0.4, -0.2) is 42.4 Å². The molecule has 4 heteroatoms. The van der Waals surface area contributed by atoms with E-state index in [1.165, 1.54) is 0 Å². The first-order valence-corrected chi connectivity index (χ1v) is 3.73. The summed E-state index contributed by atoms with van der Waals surface area (Å²) >= 11 is 0. The number of esters is 1. The van der Waals surface area contributed by atoms with Crippen LogP contribution in [0, 0.1) is 0 Å². The molecule has 0 radical (unpaired) electrons. The van der Waals surface area contributed by atoms with E-state index >= 15 is 0 Å². The first-order valence-electron chi connectivity index (χ1n) is 3.73. The molecule has 66 valence electrons. The molecule has 0 aromatic carbocycles. The summed E-state index contributed by atoms with van der Waals surface area (Å²) in [6.07, 6.45) is 0. The molecule has 0 aromatic rings. The summed E-state index contributed by atoms with van der Waals surface area (Å²) in [5, 5.41) is 8.23. The molecule has 0 aliphatic heterocycles. The molecule has 0 heterocycles. The minimum Gasteiger partial charge on any atom is -0.438 e. The maximum atomic E-state index is 10.7. The van der Waals surface area contributed by atoms with Crippen LogP contribution >= 0.6 is 0 Å². The third-order valence-electron chi connectivity index (χ3n) is 1.47. The van der Waals surface area contributed by atoms with Crippen LogP contribution in [-0.2, 0) is 9.53 Å². The molecule has 0 aliphatic rings. The van der Waals surface area contributed by atoms with E-state index in [4.69, 9.17) is 5.11 Å². The van der Waals surface area contributed by atoms with Crippen LogP contribution in [0.15, 0.2) is 0 Å². The quantitative estimate of drug-likeness (QED) is 0.449. The maximum Gasteiger partial charge on any atom is 0.322 e. The van der Waals surface area contributed by atoms with Gasteiger partial charge in [-0.3, -0.25) is 9.69 Å². The number of likely N-dealkylation sites (N-methyl/N-ethyl adjacent to an activating group) is 1. The maximum absolute atomic E-state index is 10.7. The second kappa shape index (κ2) is 6.12. The highest BCUT2D eigenvalue weighted by Crippen LogP contribution is 1.87. The smallest absolute Gasteiger partial charge is 0.322 e. The lowest BCUT2D eigenvalue weighted by atomic mass is 10.5. The van der Waals surface area contributed by atoms with Crippen molar-refractivity contribution in [1.29, 1.82) is 0 Å². The minimum atomic E-state index is -0.528. The highest BCUT2D eigenvalue weighted by Gasteiger charge is 2.06. The average molecular weight is 161 g/mol. The fourth-order valence-corrected chi connectivity index (χ4v) is 0.747. The van der Waals surface area contributed by atoms with Gasteiger partial charge in [0, 0.05) is 0 Å². The zero-order valence-electron chi connectivity index (χ0n) is 7.04. The van der Waals surface area contributed by atoms with Crippen LogP contribution in [0.5, 0.6) is 0 Å². The van der Waals surface area contributed by atoms with Gasteiger partial charge in [-0.2, -0.15) is 0 Å². The first-order chi connectivity index (χ1) is 5.24. The number of carbonyl (C=O) groups is 1. The molecule has 11 heavy (non-hydrogen) atoms. The van der Waals surface area contributed by atoms with Gasteiger partial charge in [-0.25, -0.2) is 0 Å². The molecule has 0 amide bonds. The molecule has 0 rings (SSSR count). The van der Waals surface area contributed by atoms with E-state index in [1.807, 2.05) is 18.7 Å². The monoisotopic (exact) mass is 161 g/mol. The zero-order valence-corrected chi connectivity index (χ0v) is 7.04. The summed E-state index contributed by atoms with van der Waals surface area (Å²) in [7, 11) is 0.